The summed E-state index contributed by atoms with van der Waals surface area (Å²) in [5, 5.41) is 0. The third kappa shape index (κ3) is 2.92. The molecule has 0 saturated heterocycles. The van der Waals surface area contributed by atoms with Crippen LogP contribution in [0.4, 0.5) is 0 Å². The molecule has 0 aliphatic heterocycles. The van der Waals surface area contributed by atoms with E-state index in [0.717, 1.165) is 6.42 Å². The molecule has 17 heavy (non-hydrogen) atoms. The molecule has 1 aromatic heterocycles. The van der Waals surface area contributed by atoms with Crippen molar-refractivity contribution in [3.8, 4) is 11.1 Å². The number of hydrogen-bond donors (Lipinski definition) is 1. The van der Waals surface area contributed by atoms with Crippen molar-refractivity contribution in [2.45, 2.75) is 26.3 Å². The number of hydrogen-bond acceptors (Lipinski definition) is 2. The second kappa shape index (κ2) is 5.11. The fourth-order valence-corrected chi connectivity index (χ4v) is 1.99. The summed E-state index contributed by atoms with van der Waals surface area (Å²) >= 11 is 0. The van der Waals surface area contributed by atoms with Gasteiger partial charge in [0, 0.05) is 18.4 Å². The first-order chi connectivity index (χ1) is 8.16. The molecule has 0 bridgehead atoms. The van der Waals surface area contributed by atoms with Crippen LogP contribution >= 0.6 is 0 Å². The molecule has 88 valence electrons. The smallest absolute Gasteiger partial charge is 0.0303 e. The van der Waals surface area contributed by atoms with Gasteiger partial charge >= 0.3 is 0 Å². The van der Waals surface area contributed by atoms with Crippen LogP contribution in [-0.2, 0) is 6.42 Å². The molecule has 2 aromatic rings. The van der Waals surface area contributed by atoms with Crippen LogP contribution in [0.1, 0.15) is 18.1 Å². The van der Waals surface area contributed by atoms with Crippen molar-refractivity contribution in [1.29, 1.82) is 0 Å². The van der Waals surface area contributed by atoms with Crippen LogP contribution < -0.4 is 5.73 Å². The number of aryl methyl sites for hydroxylation is 1. The highest BCUT2D eigenvalue weighted by Crippen LogP contribution is 2.22. The second-order valence-electron chi connectivity index (χ2n) is 4.57. The summed E-state index contributed by atoms with van der Waals surface area (Å²) < 4.78 is 0. The van der Waals surface area contributed by atoms with Crippen LogP contribution in [0.15, 0.2) is 42.7 Å². The lowest BCUT2D eigenvalue weighted by atomic mass is 9.99. The summed E-state index contributed by atoms with van der Waals surface area (Å²) in [6.07, 6.45) is 4.65. The van der Waals surface area contributed by atoms with E-state index in [1.54, 1.807) is 0 Å². The summed E-state index contributed by atoms with van der Waals surface area (Å²) in [6.45, 7) is 4.11. The van der Waals surface area contributed by atoms with Gasteiger partial charge in [-0.1, -0.05) is 24.3 Å². The standard InChI is InChI=1S/C15H18N2/c1-11-10-17-8-7-15(11)14-5-3-13(4-6-14)9-12(2)16/h3-8,10,12H,9,16H2,1-2H3. The minimum absolute atomic E-state index is 0.212. The Morgan fingerprint density at radius 3 is 2.47 bits per heavy atom. The number of aromatic nitrogens is 1. The summed E-state index contributed by atoms with van der Waals surface area (Å²) in [4.78, 5) is 4.11. The van der Waals surface area contributed by atoms with E-state index in [1.165, 1.54) is 22.3 Å². The lowest BCUT2D eigenvalue weighted by Gasteiger charge is -2.08. The fourth-order valence-electron chi connectivity index (χ4n) is 1.99. The van der Waals surface area contributed by atoms with Gasteiger partial charge in [-0.2, -0.15) is 0 Å². The van der Waals surface area contributed by atoms with Crippen molar-refractivity contribution in [1.82, 2.24) is 4.98 Å². The maximum absolute atomic E-state index is 5.79. The van der Waals surface area contributed by atoms with E-state index in [0.29, 0.717) is 0 Å². The van der Waals surface area contributed by atoms with Crippen molar-refractivity contribution < 1.29 is 0 Å². The minimum Gasteiger partial charge on any atom is -0.328 e. The Bertz CT molecular complexity index is 487. The summed E-state index contributed by atoms with van der Waals surface area (Å²) in [5.74, 6) is 0. The molecule has 0 amide bonds. The topological polar surface area (TPSA) is 38.9 Å². The normalized spacial score (nSPS) is 12.4. The van der Waals surface area contributed by atoms with Gasteiger partial charge in [0.25, 0.3) is 0 Å². The zero-order chi connectivity index (χ0) is 12.3. The molecule has 0 aliphatic rings. The Morgan fingerprint density at radius 2 is 1.88 bits per heavy atom. The van der Waals surface area contributed by atoms with Gasteiger partial charge in [-0.3, -0.25) is 4.98 Å². The molecular formula is C15H18N2. The molecular weight excluding hydrogens is 208 g/mol. The van der Waals surface area contributed by atoms with Crippen LogP contribution in [0.2, 0.25) is 0 Å². The molecule has 0 spiro atoms. The Balaban J connectivity index is 2.27. The predicted molar refractivity (Wildman–Crippen MR) is 71.8 cm³/mol. The predicted octanol–water partition coefficient (Wildman–Crippen LogP) is 2.95. The maximum atomic E-state index is 5.79. The average Bonchev–Trinajstić information content (AvgIpc) is 2.30. The highest BCUT2D eigenvalue weighted by atomic mass is 14.6. The van der Waals surface area contributed by atoms with E-state index in [2.05, 4.69) is 42.2 Å². The van der Waals surface area contributed by atoms with E-state index in [1.807, 2.05) is 19.3 Å². The van der Waals surface area contributed by atoms with Crippen molar-refractivity contribution >= 4 is 0 Å². The van der Waals surface area contributed by atoms with Crippen molar-refractivity contribution in [2.24, 2.45) is 5.73 Å². The van der Waals surface area contributed by atoms with Gasteiger partial charge in [0.15, 0.2) is 0 Å². The fraction of sp³-hybridized carbons (Fsp3) is 0.267. The van der Waals surface area contributed by atoms with Gasteiger partial charge < -0.3 is 5.73 Å². The summed E-state index contributed by atoms with van der Waals surface area (Å²) in [6, 6.07) is 10.9. The zero-order valence-electron chi connectivity index (χ0n) is 10.4. The van der Waals surface area contributed by atoms with Gasteiger partial charge in [-0.25, -0.2) is 0 Å². The lowest BCUT2D eigenvalue weighted by molar-refractivity contribution is 0.738. The number of nitrogens with zero attached hydrogens (tertiary/aromatic N) is 1. The van der Waals surface area contributed by atoms with Crippen LogP contribution in [0.3, 0.4) is 0 Å². The third-order valence-electron chi connectivity index (χ3n) is 2.84. The van der Waals surface area contributed by atoms with E-state index in [9.17, 15) is 0 Å². The maximum Gasteiger partial charge on any atom is 0.0303 e. The molecule has 2 heteroatoms. The number of pyridine rings is 1. The highest BCUT2D eigenvalue weighted by molar-refractivity contribution is 5.66. The molecule has 2 nitrogen and oxygen atoms in total. The van der Waals surface area contributed by atoms with Crippen LogP contribution in [-0.4, -0.2) is 11.0 Å². The largest absolute Gasteiger partial charge is 0.328 e. The molecule has 0 aliphatic carbocycles. The molecule has 0 fully saturated rings. The van der Waals surface area contributed by atoms with Gasteiger partial charge in [0.1, 0.15) is 0 Å². The molecule has 1 unspecified atom stereocenters. The van der Waals surface area contributed by atoms with Gasteiger partial charge in [-0.15, -0.1) is 0 Å². The second-order valence-corrected chi connectivity index (χ2v) is 4.57. The van der Waals surface area contributed by atoms with Gasteiger partial charge in [0.05, 0.1) is 0 Å². The molecule has 0 radical (unpaired) electrons. The van der Waals surface area contributed by atoms with E-state index in [-0.39, 0.29) is 6.04 Å². The summed E-state index contributed by atoms with van der Waals surface area (Å²) in [7, 11) is 0. The molecule has 1 aromatic carbocycles. The highest BCUT2D eigenvalue weighted by Gasteiger charge is 2.02. The van der Waals surface area contributed by atoms with Crippen molar-refractivity contribution in [2.75, 3.05) is 0 Å². The molecule has 1 heterocycles. The number of benzene rings is 1. The van der Waals surface area contributed by atoms with Crippen molar-refractivity contribution in [3.63, 3.8) is 0 Å². The number of rotatable bonds is 3. The Hall–Kier alpha value is -1.67. The number of nitrogens with two attached hydrogens (primary N) is 1. The first kappa shape index (κ1) is 11.8. The summed E-state index contributed by atoms with van der Waals surface area (Å²) in [5.41, 5.74) is 10.8. The van der Waals surface area contributed by atoms with Gasteiger partial charge in [-0.05, 0) is 48.6 Å². The van der Waals surface area contributed by atoms with Crippen molar-refractivity contribution in [3.05, 3.63) is 53.9 Å². The Morgan fingerprint density at radius 1 is 1.18 bits per heavy atom. The first-order valence-electron chi connectivity index (χ1n) is 5.92. The molecule has 2 N–H and O–H groups in total. The SMILES string of the molecule is Cc1cnccc1-c1ccc(CC(C)N)cc1. The van der Waals surface area contributed by atoms with E-state index in [4.69, 9.17) is 5.73 Å². The Labute approximate surface area is 103 Å². The van der Waals surface area contributed by atoms with E-state index >= 15 is 0 Å². The van der Waals surface area contributed by atoms with Gasteiger partial charge in [0.2, 0.25) is 0 Å². The molecule has 2 rings (SSSR count). The molecule has 0 saturated carbocycles. The monoisotopic (exact) mass is 226 g/mol. The minimum atomic E-state index is 0.212. The lowest BCUT2D eigenvalue weighted by Crippen LogP contribution is -2.17. The van der Waals surface area contributed by atoms with Crippen LogP contribution in [0.25, 0.3) is 11.1 Å². The third-order valence-corrected chi connectivity index (χ3v) is 2.84. The molecule has 1 atom stereocenters. The Kier molecular flexibility index (Phi) is 3.55. The van der Waals surface area contributed by atoms with E-state index < -0.39 is 0 Å². The van der Waals surface area contributed by atoms with Crippen LogP contribution in [0.5, 0.6) is 0 Å². The average molecular weight is 226 g/mol. The first-order valence-corrected chi connectivity index (χ1v) is 5.92. The quantitative estimate of drug-likeness (QED) is 0.874. The zero-order valence-corrected chi connectivity index (χ0v) is 10.4. The van der Waals surface area contributed by atoms with Crippen LogP contribution in [0, 0.1) is 6.92 Å².